The Morgan fingerprint density at radius 1 is 1.21 bits per heavy atom. The monoisotopic (exact) mass is 276 g/mol. The largest absolute Gasteiger partial charge is 0.451 e. The van der Waals surface area contributed by atoms with E-state index in [2.05, 4.69) is 15.3 Å². The molecule has 1 aromatic rings. The van der Waals surface area contributed by atoms with Crippen LogP contribution in [0.3, 0.4) is 0 Å². The standard InChI is InChI=1S/C12H19F3N4/c1-11(2,3)7-19(5)9-6-8(16-4)17-10(18-9)12(13,14)15/h6H,7H2,1-5H3,(H,16,17,18). The van der Waals surface area contributed by atoms with Gasteiger partial charge < -0.3 is 10.2 Å². The van der Waals surface area contributed by atoms with Gasteiger partial charge in [-0.1, -0.05) is 20.8 Å². The highest BCUT2D eigenvalue weighted by Gasteiger charge is 2.35. The zero-order valence-electron chi connectivity index (χ0n) is 11.8. The summed E-state index contributed by atoms with van der Waals surface area (Å²) in [5.74, 6) is -0.727. The number of hydrogen-bond acceptors (Lipinski definition) is 4. The van der Waals surface area contributed by atoms with E-state index in [1.54, 1.807) is 11.9 Å². The van der Waals surface area contributed by atoms with Crippen LogP contribution in [0.2, 0.25) is 0 Å². The molecule has 0 aliphatic carbocycles. The minimum absolute atomic E-state index is 0.0437. The molecule has 1 aromatic heterocycles. The first kappa shape index (κ1) is 15.5. The van der Waals surface area contributed by atoms with Crippen molar-refractivity contribution in [2.24, 2.45) is 5.41 Å². The van der Waals surface area contributed by atoms with Crippen LogP contribution in [-0.4, -0.2) is 30.6 Å². The number of anilines is 2. The maximum atomic E-state index is 12.7. The minimum Gasteiger partial charge on any atom is -0.373 e. The Hall–Kier alpha value is -1.53. The second-order valence-corrected chi connectivity index (χ2v) is 5.60. The van der Waals surface area contributed by atoms with Crippen LogP contribution in [0.5, 0.6) is 0 Å². The lowest BCUT2D eigenvalue weighted by Crippen LogP contribution is -2.30. The first-order chi connectivity index (χ1) is 8.53. The zero-order chi connectivity index (χ0) is 14.8. The van der Waals surface area contributed by atoms with E-state index in [1.807, 2.05) is 20.8 Å². The Morgan fingerprint density at radius 3 is 2.21 bits per heavy atom. The van der Waals surface area contributed by atoms with Crippen molar-refractivity contribution in [3.63, 3.8) is 0 Å². The summed E-state index contributed by atoms with van der Waals surface area (Å²) in [7, 11) is 3.24. The molecular weight excluding hydrogens is 257 g/mol. The molecule has 108 valence electrons. The zero-order valence-corrected chi connectivity index (χ0v) is 11.8. The highest BCUT2D eigenvalue weighted by molar-refractivity contribution is 5.49. The molecular formula is C12H19F3N4. The highest BCUT2D eigenvalue weighted by atomic mass is 19.4. The fourth-order valence-electron chi connectivity index (χ4n) is 1.68. The van der Waals surface area contributed by atoms with Crippen LogP contribution in [0.15, 0.2) is 6.07 Å². The first-order valence-electron chi connectivity index (χ1n) is 5.88. The van der Waals surface area contributed by atoms with E-state index in [9.17, 15) is 13.2 Å². The smallest absolute Gasteiger partial charge is 0.373 e. The van der Waals surface area contributed by atoms with E-state index in [-0.39, 0.29) is 17.1 Å². The Labute approximate surface area is 111 Å². The van der Waals surface area contributed by atoms with Gasteiger partial charge in [-0.15, -0.1) is 0 Å². The summed E-state index contributed by atoms with van der Waals surface area (Å²) >= 11 is 0. The molecule has 0 aliphatic rings. The average molecular weight is 276 g/mol. The van der Waals surface area contributed by atoms with Gasteiger partial charge in [0.25, 0.3) is 0 Å². The van der Waals surface area contributed by atoms with Gasteiger partial charge in [0.2, 0.25) is 5.82 Å². The van der Waals surface area contributed by atoms with E-state index in [4.69, 9.17) is 0 Å². The van der Waals surface area contributed by atoms with Crippen molar-refractivity contribution < 1.29 is 13.2 Å². The van der Waals surface area contributed by atoms with Crippen molar-refractivity contribution in [2.75, 3.05) is 30.9 Å². The quantitative estimate of drug-likeness (QED) is 0.921. The lowest BCUT2D eigenvalue weighted by Gasteiger charge is -2.27. The third kappa shape index (κ3) is 4.57. The molecule has 4 nitrogen and oxygen atoms in total. The van der Waals surface area contributed by atoms with E-state index >= 15 is 0 Å². The van der Waals surface area contributed by atoms with Crippen LogP contribution < -0.4 is 10.2 Å². The molecule has 0 spiro atoms. The van der Waals surface area contributed by atoms with Crippen molar-refractivity contribution in [2.45, 2.75) is 26.9 Å². The summed E-state index contributed by atoms with van der Waals surface area (Å²) in [6.07, 6.45) is -4.55. The fourth-order valence-corrected chi connectivity index (χ4v) is 1.68. The number of hydrogen-bond donors (Lipinski definition) is 1. The normalized spacial score (nSPS) is 12.4. The molecule has 0 fully saturated rings. The van der Waals surface area contributed by atoms with Gasteiger partial charge >= 0.3 is 6.18 Å². The van der Waals surface area contributed by atoms with Crippen LogP contribution in [0, 0.1) is 5.41 Å². The third-order valence-electron chi connectivity index (χ3n) is 2.32. The summed E-state index contributed by atoms with van der Waals surface area (Å²) in [5, 5.41) is 2.62. The Balaban J connectivity index is 3.13. The second-order valence-electron chi connectivity index (χ2n) is 5.60. The van der Waals surface area contributed by atoms with E-state index in [1.165, 1.54) is 13.1 Å². The molecule has 7 heteroatoms. The van der Waals surface area contributed by atoms with E-state index in [0.29, 0.717) is 6.54 Å². The van der Waals surface area contributed by atoms with Crippen LogP contribution in [0.25, 0.3) is 0 Å². The lowest BCUT2D eigenvalue weighted by atomic mass is 9.96. The Morgan fingerprint density at radius 2 is 1.79 bits per heavy atom. The van der Waals surface area contributed by atoms with Gasteiger partial charge in [0.15, 0.2) is 0 Å². The molecule has 0 aromatic carbocycles. The van der Waals surface area contributed by atoms with Crippen molar-refractivity contribution in [3.05, 3.63) is 11.9 Å². The van der Waals surface area contributed by atoms with Crippen LogP contribution >= 0.6 is 0 Å². The predicted octanol–water partition coefficient (Wildman–Crippen LogP) is 3.02. The molecule has 0 bridgehead atoms. The summed E-state index contributed by atoms with van der Waals surface area (Å²) in [5.41, 5.74) is -0.0437. The van der Waals surface area contributed by atoms with Crippen molar-refractivity contribution in [3.8, 4) is 0 Å². The molecule has 1 heterocycles. The second kappa shape index (κ2) is 5.22. The molecule has 0 amide bonds. The summed E-state index contributed by atoms with van der Waals surface area (Å²) < 4.78 is 38.1. The average Bonchev–Trinajstić information content (AvgIpc) is 2.25. The SMILES string of the molecule is CNc1cc(N(C)CC(C)(C)C)nc(C(F)(F)F)n1. The van der Waals surface area contributed by atoms with Crippen LogP contribution in [-0.2, 0) is 6.18 Å². The van der Waals surface area contributed by atoms with E-state index < -0.39 is 12.0 Å². The van der Waals surface area contributed by atoms with Gasteiger partial charge in [0, 0.05) is 26.7 Å². The number of rotatable bonds is 3. The maximum absolute atomic E-state index is 12.7. The number of halogens is 3. The number of aromatic nitrogens is 2. The summed E-state index contributed by atoms with van der Waals surface area (Å²) in [6.45, 7) is 6.61. The Bertz CT molecular complexity index is 438. The number of nitrogens with zero attached hydrogens (tertiary/aromatic N) is 3. The van der Waals surface area contributed by atoms with Gasteiger partial charge in [0.1, 0.15) is 11.6 Å². The molecule has 0 aliphatic heterocycles. The van der Waals surface area contributed by atoms with Crippen LogP contribution in [0.1, 0.15) is 26.6 Å². The van der Waals surface area contributed by atoms with Gasteiger partial charge in [-0.2, -0.15) is 13.2 Å². The molecule has 0 unspecified atom stereocenters. The first-order valence-corrected chi connectivity index (χ1v) is 5.88. The topological polar surface area (TPSA) is 41.0 Å². The molecule has 0 radical (unpaired) electrons. The van der Waals surface area contributed by atoms with Crippen molar-refractivity contribution >= 4 is 11.6 Å². The maximum Gasteiger partial charge on any atom is 0.451 e. The molecule has 1 rings (SSSR count). The van der Waals surface area contributed by atoms with Crippen molar-refractivity contribution in [1.82, 2.24) is 9.97 Å². The van der Waals surface area contributed by atoms with Gasteiger partial charge in [-0.3, -0.25) is 0 Å². The molecule has 1 N–H and O–H groups in total. The minimum atomic E-state index is -4.55. The Kier molecular flexibility index (Phi) is 4.27. The number of nitrogens with one attached hydrogen (secondary N) is 1. The van der Waals surface area contributed by atoms with Gasteiger partial charge in [-0.05, 0) is 5.41 Å². The van der Waals surface area contributed by atoms with Crippen LogP contribution in [0.4, 0.5) is 24.8 Å². The molecule has 0 atom stereocenters. The van der Waals surface area contributed by atoms with Gasteiger partial charge in [-0.25, -0.2) is 9.97 Å². The third-order valence-corrected chi connectivity index (χ3v) is 2.32. The fraction of sp³-hybridized carbons (Fsp3) is 0.667. The lowest BCUT2D eigenvalue weighted by molar-refractivity contribution is -0.144. The summed E-state index contributed by atoms with van der Waals surface area (Å²) in [4.78, 5) is 8.71. The number of alkyl halides is 3. The highest BCUT2D eigenvalue weighted by Crippen LogP contribution is 2.29. The summed E-state index contributed by atoms with van der Waals surface area (Å²) in [6, 6.07) is 1.50. The predicted molar refractivity (Wildman–Crippen MR) is 69.3 cm³/mol. The van der Waals surface area contributed by atoms with Crippen molar-refractivity contribution in [1.29, 1.82) is 0 Å². The molecule has 0 saturated carbocycles. The van der Waals surface area contributed by atoms with Gasteiger partial charge in [0.05, 0.1) is 0 Å². The molecule has 19 heavy (non-hydrogen) atoms. The molecule has 0 saturated heterocycles. The van der Waals surface area contributed by atoms with E-state index in [0.717, 1.165) is 0 Å².